The molecule has 0 saturated heterocycles. The highest BCUT2D eigenvalue weighted by atomic mass is 16.3. The van der Waals surface area contributed by atoms with E-state index in [2.05, 4.69) is 205 Å². The molecule has 0 unspecified atom stereocenters. The van der Waals surface area contributed by atoms with Gasteiger partial charge in [0, 0.05) is 49.3 Å². The van der Waals surface area contributed by atoms with Crippen molar-refractivity contribution >= 4 is 82.9 Å². The Labute approximate surface area is 368 Å². The second-order valence-corrected chi connectivity index (χ2v) is 16.4. The molecule has 0 aliphatic heterocycles. The van der Waals surface area contributed by atoms with E-state index in [4.69, 9.17) is 13.3 Å². The molecule has 0 saturated carbocycles. The van der Waals surface area contributed by atoms with Crippen LogP contribution in [0, 0.1) is 0 Å². The molecule has 4 nitrogen and oxygen atoms in total. The third-order valence-electron chi connectivity index (χ3n) is 12.7. The van der Waals surface area contributed by atoms with Crippen molar-refractivity contribution in [2.75, 3.05) is 4.90 Å². The Morgan fingerprint density at radius 3 is 1.28 bits per heavy atom. The number of fused-ring (bicyclic) bond motifs is 9. The maximum atomic E-state index is 7.02. The lowest BCUT2D eigenvalue weighted by molar-refractivity contribution is 0.668. The quantitative estimate of drug-likeness (QED) is 0.161. The molecule has 13 rings (SSSR count). The van der Waals surface area contributed by atoms with Crippen LogP contribution in [0.3, 0.4) is 0 Å². The van der Waals surface area contributed by atoms with Gasteiger partial charge in [0.05, 0.1) is 5.69 Å². The third kappa shape index (κ3) is 5.77. The number of rotatable bonds is 7. The van der Waals surface area contributed by atoms with Gasteiger partial charge in [0.2, 0.25) is 0 Å². The van der Waals surface area contributed by atoms with Crippen molar-refractivity contribution in [3.8, 4) is 44.5 Å². The Balaban J connectivity index is 1.03. The highest BCUT2D eigenvalue weighted by Gasteiger charge is 2.25. The lowest BCUT2D eigenvalue weighted by Crippen LogP contribution is -2.10. The summed E-state index contributed by atoms with van der Waals surface area (Å²) in [5.74, 6) is 0. The molecule has 0 bridgehead atoms. The van der Waals surface area contributed by atoms with Crippen LogP contribution in [0.5, 0.6) is 0 Å². The minimum Gasteiger partial charge on any atom is -0.456 e. The summed E-state index contributed by atoms with van der Waals surface area (Å²) in [5, 5.41) is 6.40. The fourth-order valence-corrected chi connectivity index (χ4v) is 9.68. The van der Waals surface area contributed by atoms with Gasteiger partial charge in [0.25, 0.3) is 0 Å². The Morgan fingerprint density at radius 2 is 0.688 bits per heavy atom. The Hall–Kier alpha value is -8.60. The third-order valence-corrected chi connectivity index (χ3v) is 12.7. The fraction of sp³-hybridized carbons (Fsp3) is 0. The van der Waals surface area contributed by atoms with Crippen LogP contribution in [0.2, 0.25) is 0 Å². The highest BCUT2D eigenvalue weighted by Crippen LogP contribution is 2.49. The van der Waals surface area contributed by atoms with Gasteiger partial charge in [-0.1, -0.05) is 158 Å². The largest absolute Gasteiger partial charge is 0.456 e. The maximum Gasteiger partial charge on any atom is 0.160 e. The summed E-state index contributed by atoms with van der Waals surface area (Å²) in [5.41, 5.74) is 17.0. The predicted octanol–water partition coefficient (Wildman–Crippen LogP) is 17.5. The molecule has 0 amide bonds. The number of nitrogens with zero attached hydrogens (tertiary/aromatic N) is 1. The first-order valence-electron chi connectivity index (χ1n) is 21.7. The van der Waals surface area contributed by atoms with E-state index in [-0.39, 0.29) is 0 Å². The molecule has 0 atom stereocenters. The first-order chi connectivity index (χ1) is 31.7. The standard InChI is InChI=1S/C60H37NO3/c1-3-13-38(14-4-1)40-23-28-43(29-24-40)61(44-30-25-41(26-31-44)39-15-5-2-6-16-39)52-35-34-48(58-50-19-9-12-22-55(50)64-60(52)58)47-33-32-45(59-57(47)49-18-8-11-21-54(49)63-59)42-27-36-56-51(37-42)46-17-7-10-20-53(46)62-56/h1-37H. The van der Waals surface area contributed by atoms with Crippen LogP contribution in [0.25, 0.3) is 110 Å². The van der Waals surface area contributed by atoms with Gasteiger partial charge in [0.1, 0.15) is 27.9 Å². The molecule has 0 aliphatic carbocycles. The van der Waals surface area contributed by atoms with Crippen LogP contribution in [0.4, 0.5) is 17.1 Å². The number of benzene rings is 10. The van der Waals surface area contributed by atoms with E-state index in [1.54, 1.807) is 0 Å². The smallest absolute Gasteiger partial charge is 0.160 e. The molecular formula is C60H37NO3. The second-order valence-electron chi connectivity index (χ2n) is 16.4. The Kier molecular flexibility index (Phi) is 8.18. The summed E-state index contributed by atoms with van der Waals surface area (Å²) in [6, 6.07) is 79.0. The SMILES string of the molecule is c1ccc(-c2ccc(N(c3ccc(-c4ccccc4)cc3)c3ccc(-c4ccc(-c5ccc6oc7ccccc7c6c5)c5oc6ccccc6c45)c4c3oc3ccccc34)cc2)cc1. The average Bonchev–Trinajstić information content (AvgIpc) is 4.07. The molecule has 0 spiro atoms. The minimum absolute atomic E-state index is 0.806. The monoisotopic (exact) mass is 819 g/mol. The molecule has 10 aromatic carbocycles. The van der Waals surface area contributed by atoms with Crippen molar-refractivity contribution in [3.63, 3.8) is 0 Å². The van der Waals surface area contributed by atoms with Gasteiger partial charge in [0.15, 0.2) is 5.58 Å². The summed E-state index contributed by atoms with van der Waals surface area (Å²) < 4.78 is 20.1. The van der Waals surface area contributed by atoms with Crippen molar-refractivity contribution in [1.82, 2.24) is 0 Å². The maximum absolute atomic E-state index is 7.02. The normalized spacial score (nSPS) is 11.8. The lowest BCUT2D eigenvalue weighted by Gasteiger charge is -2.26. The second kappa shape index (κ2) is 14.5. The summed E-state index contributed by atoms with van der Waals surface area (Å²) in [7, 11) is 0. The lowest BCUT2D eigenvalue weighted by atomic mass is 9.91. The first kappa shape index (κ1) is 36.1. The number of furan rings is 3. The zero-order chi connectivity index (χ0) is 42.1. The Morgan fingerprint density at radius 1 is 0.266 bits per heavy atom. The average molecular weight is 820 g/mol. The summed E-state index contributed by atoms with van der Waals surface area (Å²) in [4.78, 5) is 2.32. The van der Waals surface area contributed by atoms with E-state index in [1.165, 1.54) is 11.1 Å². The van der Waals surface area contributed by atoms with Crippen molar-refractivity contribution < 1.29 is 13.3 Å². The zero-order valence-corrected chi connectivity index (χ0v) is 34.5. The van der Waals surface area contributed by atoms with E-state index < -0.39 is 0 Å². The molecule has 0 radical (unpaired) electrons. The highest BCUT2D eigenvalue weighted by molar-refractivity contribution is 6.23. The van der Waals surface area contributed by atoms with Crippen LogP contribution in [0.1, 0.15) is 0 Å². The van der Waals surface area contributed by atoms with Crippen molar-refractivity contribution in [2.24, 2.45) is 0 Å². The van der Waals surface area contributed by atoms with Gasteiger partial charge in [-0.05, 0) is 106 Å². The fourth-order valence-electron chi connectivity index (χ4n) is 9.68. The van der Waals surface area contributed by atoms with Gasteiger partial charge in [-0.3, -0.25) is 0 Å². The van der Waals surface area contributed by atoms with Crippen LogP contribution in [0.15, 0.2) is 238 Å². The van der Waals surface area contributed by atoms with Crippen LogP contribution >= 0.6 is 0 Å². The molecular weight excluding hydrogens is 783 g/mol. The van der Waals surface area contributed by atoms with Crippen LogP contribution < -0.4 is 4.90 Å². The van der Waals surface area contributed by atoms with Crippen molar-refractivity contribution in [2.45, 2.75) is 0 Å². The van der Waals surface area contributed by atoms with E-state index in [1.807, 2.05) is 24.3 Å². The molecule has 0 fully saturated rings. The number of para-hydroxylation sites is 3. The zero-order valence-electron chi connectivity index (χ0n) is 34.5. The van der Waals surface area contributed by atoms with Crippen LogP contribution in [-0.4, -0.2) is 0 Å². The minimum atomic E-state index is 0.806. The molecule has 3 heterocycles. The first-order valence-corrected chi connectivity index (χ1v) is 21.7. The van der Waals surface area contributed by atoms with Gasteiger partial charge in [-0.25, -0.2) is 0 Å². The molecule has 3 aromatic heterocycles. The molecule has 64 heavy (non-hydrogen) atoms. The van der Waals surface area contributed by atoms with Crippen molar-refractivity contribution in [3.05, 3.63) is 224 Å². The molecule has 300 valence electrons. The number of anilines is 3. The van der Waals surface area contributed by atoms with Gasteiger partial charge in [-0.15, -0.1) is 0 Å². The van der Waals surface area contributed by atoms with Gasteiger partial charge >= 0.3 is 0 Å². The van der Waals surface area contributed by atoms with Crippen LogP contribution in [-0.2, 0) is 0 Å². The summed E-state index contributed by atoms with van der Waals surface area (Å²) in [6.07, 6.45) is 0. The number of hydrogen-bond acceptors (Lipinski definition) is 4. The molecule has 0 N–H and O–H groups in total. The molecule has 4 heteroatoms. The van der Waals surface area contributed by atoms with E-state index in [9.17, 15) is 0 Å². The predicted molar refractivity (Wildman–Crippen MR) is 265 cm³/mol. The Bertz CT molecular complexity index is 3790. The summed E-state index contributed by atoms with van der Waals surface area (Å²) >= 11 is 0. The topological polar surface area (TPSA) is 42.7 Å². The molecule has 0 aliphatic rings. The van der Waals surface area contributed by atoms with E-state index in [0.29, 0.717) is 0 Å². The van der Waals surface area contributed by atoms with E-state index >= 15 is 0 Å². The van der Waals surface area contributed by atoms with Gasteiger partial charge < -0.3 is 18.2 Å². The van der Waals surface area contributed by atoms with Crippen molar-refractivity contribution in [1.29, 1.82) is 0 Å². The van der Waals surface area contributed by atoms with Gasteiger partial charge in [-0.2, -0.15) is 0 Å². The molecule has 13 aromatic rings. The van der Waals surface area contributed by atoms with E-state index in [0.717, 1.165) is 116 Å². The summed E-state index contributed by atoms with van der Waals surface area (Å²) in [6.45, 7) is 0. The number of hydrogen-bond donors (Lipinski definition) is 0.